The smallest absolute Gasteiger partial charge is 0.265 e. The van der Waals surface area contributed by atoms with Gasteiger partial charge in [-0.3, -0.25) is 4.79 Å². The number of hydrogen-bond acceptors (Lipinski definition) is 2. The van der Waals surface area contributed by atoms with E-state index in [1.165, 1.54) is 16.2 Å². The van der Waals surface area contributed by atoms with E-state index in [9.17, 15) is 4.79 Å². The van der Waals surface area contributed by atoms with Gasteiger partial charge in [0, 0.05) is 9.35 Å². The molecular formula is C14H14BrNOS. The standard InChI is InChI=1S/C14H14BrNOS/c1-8-4-5-11(15)12(6-8)16-14(17)13-7-9(2)10(3)18-13/h4-7H,1-3H3,(H,16,17). The SMILES string of the molecule is Cc1ccc(Br)c(NC(=O)c2cc(C)c(C)s2)c1. The Balaban J connectivity index is 2.23. The number of amides is 1. The largest absolute Gasteiger partial charge is 0.320 e. The van der Waals surface area contributed by atoms with Crippen LogP contribution in [-0.4, -0.2) is 5.91 Å². The molecule has 2 rings (SSSR count). The van der Waals surface area contributed by atoms with E-state index in [2.05, 4.69) is 21.2 Å². The lowest BCUT2D eigenvalue weighted by molar-refractivity contribution is 0.103. The van der Waals surface area contributed by atoms with Crippen LogP contribution in [0.5, 0.6) is 0 Å². The lowest BCUT2D eigenvalue weighted by Crippen LogP contribution is -2.10. The zero-order chi connectivity index (χ0) is 13.3. The average molecular weight is 324 g/mol. The lowest BCUT2D eigenvalue weighted by atomic mass is 10.2. The summed E-state index contributed by atoms with van der Waals surface area (Å²) in [5.74, 6) is -0.0532. The molecule has 1 aromatic heterocycles. The van der Waals surface area contributed by atoms with Crippen molar-refractivity contribution in [3.8, 4) is 0 Å². The molecule has 18 heavy (non-hydrogen) atoms. The summed E-state index contributed by atoms with van der Waals surface area (Å²) in [6.45, 7) is 6.05. The summed E-state index contributed by atoms with van der Waals surface area (Å²) in [6, 6.07) is 7.82. The van der Waals surface area contributed by atoms with Gasteiger partial charge in [-0.15, -0.1) is 11.3 Å². The lowest BCUT2D eigenvalue weighted by Gasteiger charge is -2.07. The number of benzene rings is 1. The Kier molecular flexibility index (Phi) is 3.88. The van der Waals surface area contributed by atoms with Crippen LogP contribution < -0.4 is 5.32 Å². The number of aryl methyl sites for hydroxylation is 3. The highest BCUT2D eigenvalue weighted by atomic mass is 79.9. The van der Waals surface area contributed by atoms with Crippen molar-refractivity contribution in [2.24, 2.45) is 0 Å². The van der Waals surface area contributed by atoms with E-state index >= 15 is 0 Å². The van der Waals surface area contributed by atoms with Gasteiger partial charge < -0.3 is 5.32 Å². The third kappa shape index (κ3) is 2.82. The van der Waals surface area contributed by atoms with Gasteiger partial charge in [-0.25, -0.2) is 0 Å². The molecule has 0 radical (unpaired) electrons. The second-order valence-electron chi connectivity index (χ2n) is 4.29. The Morgan fingerprint density at radius 3 is 2.56 bits per heavy atom. The number of carbonyl (C=O) groups excluding carboxylic acids is 1. The average Bonchev–Trinajstić information content (AvgIpc) is 2.64. The number of halogens is 1. The monoisotopic (exact) mass is 323 g/mol. The minimum atomic E-state index is -0.0532. The minimum Gasteiger partial charge on any atom is -0.320 e. The number of carbonyl (C=O) groups is 1. The molecule has 0 aliphatic rings. The molecule has 0 saturated heterocycles. The Morgan fingerprint density at radius 1 is 1.22 bits per heavy atom. The molecule has 0 saturated carbocycles. The minimum absolute atomic E-state index is 0.0532. The van der Waals surface area contributed by atoms with Crippen LogP contribution in [-0.2, 0) is 0 Å². The zero-order valence-corrected chi connectivity index (χ0v) is 12.9. The van der Waals surface area contributed by atoms with Crippen LogP contribution in [0.1, 0.15) is 25.7 Å². The van der Waals surface area contributed by atoms with Gasteiger partial charge >= 0.3 is 0 Å². The molecule has 0 spiro atoms. The Hall–Kier alpha value is -1.13. The predicted molar refractivity (Wildman–Crippen MR) is 80.6 cm³/mol. The van der Waals surface area contributed by atoms with Crippen LogP contribution in [0.15, 0.2) is 28.7 Å². The molecule has 1 heterocycles. The number of hydrogen-bond donors (Lipinski definition) is 1. The summed E-state index contributed by atoms with van der Waals surface area (Å²) in [5.41, 5.74) is 3.09. The van der Waals surface area contributed by atoms with Crippen molar-refractivity contribution < 1.29 is 4.79 Å². The summed E-state index contributed by atoms with van der Waals surface area (Å²) >= 11 is 4.96. The van der Waals surface area contributed by atoms with Crippen molar-refractivity contribution in [1.82, 2.24) is 0 Å². The summed E-state index contributed by atoms with van der Waals surface area (Å²) < 4.78 is 0.895. The van der Waals surface area contributed by atoms with E-state index < -0.39 is 0 Å². The topological polar surface area (TPSA) is 29.1 Å². The molecule has 0 unspecified atom stereocenters. The van der Waals surface area contributed by atoms with Crippen LogP contribution in [0.3, 0.4) is 0 Å². The number of thiophene rings is 1. The van der Waals surface area contributed by atoms with Crippen molar-refractivity contribution in [2.45, 2.75) is 20.8 Å². The van der Waals surface area contributed by atoms with Gasteiger partial charge in [-0.2, -0.15) is 0 Å². The van der Waals surface area contributed by atoms with Crippen molar-refractivity contribution in [3.63, 3.8) is 0 Å². The van der Waals surface area contributed by atoms with E-state index in [0.717, 1.165) is 26.2 Å². The number of anilines is 1. The van der Waals surface area contributed by atoms with Gasteiger partial charge in [0.1, 0.15) is 0 Å². The van der Waals surface area contributed by atoms with Crippen molar-refractivity contribution >= 4 is 38.9 Å². The molecule has 0 aliphatic carbocycles. The third-order valence-electron chi connectivity index (χ3n) is 2.76. The van der Waals surface area contributed by atoms with Crippen LogP contribution >= 0.6 is 27.3 Å². The highest BCUT2D eigenvalue weighted by Gasteiger charge is 2.12. The molecule has 94 valence electrons. The molecule has 1 N–H and O–H groups in total. The van der Waals surface area contributed by atoms with Gasteiger partial charge in [0.05, 0.1) is 10.6 Å². The van der Waals surface area contributed by atoms with E-state index in [-0.39, 0.29) is 5.91 Å². The summed E-state index contributed by atoms with van der Waals surface area (Å²) in [6.07, 6.45) is 0. The second kappa shape index (κ2) is 5.24. The van der Waals surface area contributed by atoms with Crippen molar-refractivity contribution in [2.75, 3.05) is 5.32 Å². The number of rotatable bonds is 2. The van der Waals surface area contributed by atoms with Crippen molar-refractivity contribution in [1.29, 1.82) is 0 Å². The summed E-state index contributed by atoms with van der Waals surface area (Å²) in [7, 11) is 0. The van der Waals surface area contributed by atoms with Gasteiger partial charge in [-0.05, 0) is 66.0 Å². The predicted octanol–water partition coefficient (Wildman–Crippen LogP) is 4.69. The molecule has 1 aromatic carbocycles. The molecule has 0 bridgehead atoms. The normalized spacial score (nSPS) is 10.4. The maximum Gasteiger partial charge on any atom is 0.265 e. The quantitative estimate of drug-likeness (QED) is 0.853. The van der Waals surface area contributed by atoms with Crippen molar-refractivity contribution in [3.05, 3.63) is 49.6 Å². The zero-order valence-electron chi connectivity index (χ0n) is 10.5. The first-order chi connectivity index (χ1) is 8.47. The fourth-order valence-electron chi connectivity index (χ4n) is 1.60. The van der Waals surface area contributed by atoms with Gasteiger partial charge in [0.25, 0.3) is 5.91 Å². The van der Waals surface area contributed by atoms with Gasteiger partial charge in [0.2, 0.25) is 0 Å². The Bertz CT molecular complexity index is 584. The molecule has 0 aliphatic heterocycles. The van der Waals surface area contributed by atoms with Crippen LogP contribution in [0.25, 0.3) is 0 Å². The number of nitrogens with one attached hydrogen (secondary N) is 1. The van der Waals surface area contributed by atoms with E-state index in [1.54, 1.807) is 0 Å². The highest BCUT2D eigenvalue weighted by Crippen LogP contribution is 2.26. The van der Waals surface area contributed by atoms with Crippen LogP contribution in [0, 0.1) is 20.8 Å². The third-order valence-corrected chi connectivity index (χ3v) is 4.60. The van der Waals surface area contributed by atoms with Gasteiger partial charge in [0.15, 0.2) is 0 Å². The Morgan fingerprint density at radius 2 is 1.94 bits per heavy atom. The molecule has 0 atom stereocenters. The maximum atomic E-state index is 12.1. The Labute approximate surface area is 119 Å². The highest BCUT2D eigenvalue weighted by molar-refractivity contribution is 9.10. The van der Waals surface area contributed by atoms with Crippen LogP contribution in [0.4, 0.5) is 5.69 Å². The summed E-state index contributed by atoms with van der Waals surface area (Å²) in [5, 5.41) is 2.93. The molecule has 0 fully saturated rings. The first kappa shape index (κ1) is 13.3. The fourth-order valence-corrected chi connectivity index (χ4v) is 2.88. The summed E-state index contributed by atoms with van der Waals surface area (Å²) in [4.78, 5) is 14.1. The first-order valence-electron chi connectivity index (χ1n) is 5.62. The van der Waals surface area contributed by atoms with E-state index in [0.29, 0.717) is 0 Å². The second-order valence-corrected chi connectivity index (χ2v) is 6.40. The molecule has 2 aromatic rings. The molecule has 1 amide bonds. The molecule has 2 nitrogen and oxygen atoms in total. The maximum absolute atomic E-state index is 12.1. The molecule has 4 heteroatoms. The fraction of sp³-hybridized carbons (Fsp3) is 0.214. The van der Waals surface area contributed by atoms with E-state index in [4.69, 9.17) is 0 Å². The van der Waals surface area contributed by atoms with Gasteiger partial charge in [-0.1, -0.05) is 6.07 Å². The first-order valence-corrected chi connectivity index (χ1v) is 7.23. The van der Waals surface area contributed by atoms with Crippen LogP contribution in [0.2, 0.25) is 0 Å². The van der Waals surface area contributed by atoms with E-state index in [1.807, 2.05) is 45.0 Å². The molecular weight excluding hydrogens is 310 g/mol.